The molecule has 0 aliphatic heterocycles. The third kappa shape index (κ3) is 17.2. The molecule has 8 atom stereocenters. The predicted molar refractivity (Wildman–Crippen MR) is 590 cm³/mol. The van der Waals surface area contributed by atoms with E-state index in [0.29, 0.717) is 16.7 Å². The van der Waals surface area contributed by atoms with Gasteiger partial charge >= 0.3 is 0 Å². The van der Waals surface area contributed by atoms with E-state index in [4.69, 9.17) is 0 Å². The van der Waals surface area contributed by atoms with Crippen LogP contribution in [0, 0.1) is 101 Å². The first kappa shape index (κ1) is 96.5. The van der Waals surface area contributed by atoms with Gasteiger partial charge in [-0.2, -0.15) is 0 Å². The summed E-state index contributed by atoms with van der Waals surface area (Å²) in [5.74, 6) is 3.20. The highest BCUT2D eigenvalue weighted by molar-refractivity contribution is 5.89. The molecule has 12 aliphatic rings. The normalized spacial score (nSPS) is 21.2. The first-order valence-electron chi connectivity index (χ1n) is 55.7. The lowest BCUT2D eigenvalue weighted by Crippen LogP contribution is -2.33. The summed E-state index contributed by atoms with van der Waals surface area (Å²) in [6.45, 7) is 46.3. The third-order valence-corrected chi connectivity index (χ3v) is 37.4. The lowest BCUT2D eigenvalue weighted by Gasteiger charge is -2.40. The molecule has 0 spiro atoms. The number of aryl methyl sites for hydroxylation is 12. The van der Waals surface area contributed by atoms with Crippen LogP contribution in [0.5, 0.6) is 0 Å². The molecule has 0 bridgehead atoms. The van der Waals surface area contributed by atoms with Crippen molar-refractivity contribution in [1.82, 2.24) is 0 Å². The zero-order chi connectivity index (χ0) is 95.7. The van der Waals surface area contributed by atoms with Crippen LogP contribution in [0.4, 0.5) is 0 Å². The molecule has 8 unspecified atom stereocenters. The van der Waals surface area contributed by atoms with Gasteiger partial charge in [-0.3, -0.25) is 0 Å². The zero-order valence-electron chi connectivity index (χ0n) is 88.6. The Balaban J connectivity index is 0.000000106. The van der Waals surface area contributed by atoms with Crippen molar-refractivity contribution in [3.63, 3.8) is 0 Å². The number of fused-ring (bicyclic) bond motifs is 18. The summed E-state index contributed by atoms with van der Waals surface area (Å²) in [7, 11) is 0. The molecule has 24 rings (SSSR count). The minimum Gasteiger partial charge on any atom is -0.0654 e. The monoisotopic (exact) mass is 1810 g/mol. The first-order valence-corrected chi connectivity index (χ1v) is 55.7. The Morgan fingerprint density at radius 1 is 0.285 bits per heavy atom. The predicted octanol–water partition coefficient (Wildman–Crippen LogP) is 38.3. The van der Waals surface area contributed by atoms with E-state index < -0.39 is 0 Å². The first-order chi connectivity index (χ1) is 66.2. The Labute approximate surface area is 830 Å². The van der Waals surface area contributed by atoms with E-state index in [1.165, 1.54) is 348 Å². The molecule has 0 aromatic heterocycles. The highest BCUT2D eigenvalue weighted by Gasteiger charge is 2.52. The second-order valence-corrected chi connectivity index (χ2v) is 46.9. The quantitative estimate of drug-likeness (QED) is 0.0629. The summed E-state index contributed by atoms with van der Waals surface area (Å²) in [5.41, 5.74) is 66.8. The van der Waals surface area contributed by atoms with Crippen LogP contribution in [0.1, 0.15) is 421 Å². The molecule has 12 aromatic carbocycles. The van der Waals surface area contributed by atoms with Crippen LogP contribution in [-0.4, -0.2) is 0 Å². The maximum Gasteiger partial charge on any atom is 0.0220 e. The lowest BCUT2D eigenvalue weighted by molar-refractivity contribution is 0.303. The Morgan fingerprint density at radius 2 is 0.635 bits per heavy atom. The average Bonchev–Trinajstić information content (AvgIpc) is 1.56. The third-order valence-electron chi connectivity index (χ3n) is 37.4. The van der Waals surface area contributed by atoms with Crippen LogP contribution in [0.15, 0.2) is 182 Å². The van der Waals surface area contributed by atoms with Crippen molar-refractivity contribution >= 4 is 0 Å². The van der Waals surface area contributed by atoms with E-state index in [-0.39, 0.29) is 16.2 Å². The molecule has 0 nitrogen and oxygen atoms in total. The van der Waals surface area contributed by atoms with Gasteiger partial charge in [0.2, 0.25) is 0 Å². The fourth-order valence-electron chi connectivity index (χ4n) is 30.3. The SMILES string of the molecule is CCC12CCCc3c(C)ccc(c31)-c1ccc(C)cc12.CCCCC(CC)CC12CCCc3c(C)ccc(c31)-c1ccc(C)cc12.CCCCCCCCC12CCCc3c(C)ccc(c31)-c1ccc(C)cc12.Cc1ccc2c(c1)C1(C)CCCc3c(C)ccc-2c31.Cc1ccc2c(c1)C1(CCC(C)CCCC(C)C)CCCc3c(C)ccc-2c31.Cc1ccc2c(c1)C1CCCc3c(C)ccc-2c31. The van der Waals surface area contributed by atoms with Crippen molar-refractivity contribution in [2.24, 2.45) is 17.8 Å². The molecule has 0 amide bonds. The summed E-state index contributed by atoms with van der Waals surface area (Å²) >= 11 is 0. The van der Waals surface area contributed by atoms with E-state index in [2.05, 4.69) is 320 Å². The molecule has 0 radical (unpaired) electrons. The van der Waals surface area contributed by atoms with Crippen LogP contribution in [-0.2, 0) is 65.6 Å². The highest BCUT2D eigenvalue weighted by Crippen LogP contribution is 2.65. The van der Waals surface area contributed by atoms with E-state index in [0.717, 1.165) is 17.8 Å². The number of hydrogen-bond donors (Lipinski definition) is 0. The van der Waals surface area contributed by atoms with Crippen LogP contribution < -0.4 is 0 Å². The lowest BCUT2D eigenvalue weighted by atomic mass is 9.63. The fourth-order valence-corrected chi connectivity index (χ4v) is 30.3. The van der Waals surface area contributed by atoms with Crippen molar-refractivity contribution in [2.75, 3.05) is 0 Å². The number of benzene rings is 12. The summed E-state index contributed by atoms with van der Waals surface area (Å²) < 4.78 is 0. The minimum atomic E-state index is 0.260. The van der Waals surface area contributed by atoms with Crippen LogP contribution >= 0.6 is 0 Å². The molecular formula is C137H166. The number of rotatable bonds is 21. The van der Waals surface area contributed by atoms with E-state index in [1.807, 2.05) is 0 Å². The van der Waals surface area contributed by atoms with E-state index in [1.54, 1.807) is 117 Å². The van der Waals surface area contributed by atoms with E-state index >= 15 is 0 Å². The number of unbranched alkanes of at least 4 members (excludes halogenated alkanes) is 6. The molecule has 0 N–H and O–H groups in total. The van der Waals surface area contributed by atoms with Crippen molar-refractivity contribution in [3.8, 4) is 66.8 Å². The summed E-state index contributed by atoms with van der Waals surface area (Å²) in [6.07, 6.45) is 48.2. The molecule has 714 valence electrons. The molecule has 0 fully saturated rings. The van der Waals surface area contributed by atoms with Gasteiger partial charge in [0.05, 0.1) is 0 Å². The molecule has 12 aromatic rings. The second-order valence-electron chi connectivity index (χ2n) is 46.9. The standard InChI is InChI=1S/C28H38.2C26H34.C20H22.C19H20.C18H18/c1-19(2)8-6-9-20(3)15-17-28-16-7-10-23-22(5)12-14-25(27(23)28)24-13-11-21(4)18-26(24)28;1-5-7-9-20(6-2)17-26-15-8-10-21-19(4)12-14-23(25(21)26)22-13-11-18(3)16-24(22)26;1-4-5-6-7-8-9-16-26-17-10-11-21-20(3)13-15-23(25(21)26)22-14-12-19(2)18-24(22)26;1-4-20-11-5-6-15-14(3)8-10-17(19(15)20)16-9-7-13(2)12-18(16)20;1-12-6-8-15-16-9-7-13(2)14-5-4-10-19(3,18(14)16)17(15)11-12;1-11-6-8-14-16-9-7-12(2)13-4-3-5-15(18(13)16)17(14)10-11/h11-14,18-20H,6-10,15-17H2,1-5H3;11-14,16,20H,5-10,15,17H2,1-4H3;12-15,18H,4-11,16-17H2,1-3H3;7-10,12H,4-6,11H2,1-3H3;6-9,11H,4-5,10H2,1-3H3;6-10,15H,3-5H2,1-2H3. The average molecular weight is 1810 g/mol. The van der Waals surface area contributed by atoms with Gasteiger partial charge < -0.3 is 0 Å². The van der Waals surface area contributed by atoms with Gasteiger partial charge in [0, 0.05) is 33.0 Å². The van der Waals surface area contributed by atoms with Gasteiger partial charge in [-0.15, -0.1) is 0 Å². The largest absolute Gasteiger partial charge is 0.0654 e. The maximum atomic E-state index is 2.52. The van der Waals surface area contributed by atoms with Gasteiger partial charge in [0.1, 0.15) is 0 Å². The van der Waals surface area contributed by atoms with E-state index in [9.17, 15) is 0 Å². The fraction of sp³-hybridized carbons (Fsp3) is 0.474. The van der Waals surface area contributed by atoms with Gasteiger partial charge in [-0.1, -0.05) is 354 Å². The molecule has 0 saturated carbocycles. The second kappa shape index (κ2) is 39.6. The van der Waals surface area contributed by atoms with Crippen LogP contribution in [0.25, 0.3) is 66.8 Å². The van der Waals surface area contributed by atoms with Crippen molar-refractivity contribution in [1.29, 1.82) is 0 Å². The van der Waals surface area contributed by atoms with Crippen molar-refractivity contribution in [2.45, 2.75) is 403 Å². The van der Waals surface area contributed by atoms with Gasteiger partial charge in [0.15, 0.2) is 0 Å². The molecular weight excluding hydrogens is 1650 g/mol. The minimum absolute atomic E-state index is 0.260. The highest BCUT2D eigenvalue weighted by atomic mass is 14.6. The summed E-state index contributed by atoms with van der Waals surface area (Å²) in [5, 5.41) is 0. The van der Waals surface area contributed by atoms with Gasteiger partial charge in [-0.25, -0.2) is 0 Å². The van der Waals surface area contributed by atoms with Crippen LogP contribution in [0.3, 0.4) is 0 Å². The Hall–Kier alpha value is -9.36. The van der Waals surface area contributed by atoms with Gasteiger partial charge in [0.25, 0.3) is 0 Å². The Kier molecular flexibility index (Phi) is 27.9. The molecule has 137 heavy (non-hydrogen) atoms. The molecule has 12 aliphatic carbocycles. The van der Waals surface area contributed by atoms with Gasteiger partial charge in [-0.05, 0) is 449 Å². The van der Waals surface area contributed by atoms with Crippen molar-refractivity contribution in [3.05, 3.63) is 349 Å². The summed E-state index contributed by atoms with van der Waals surface area (Å²) in [6, 6.07) is 71.1. The Bertz CT molecular complexity index is 6550. The molecule has 0 heteroatoms. The molecule has 0 saturated heterocycles. The molecule has 0 heterocycles. The smallest absolute Gasteiger partial charge is 0.0220 e. The summed E-state index contributed by atoms with van der Waals surface area (Å²) in [4.78, 5) is 0. The Morgan fingerprint density at radius 3 is 1.10 bits per heavy atom. The van der Waals surface area contributed by atoms with Crippen molar-refractivity contribution < 1.29 is 0 Å². The zero-order valence-corrected chi connectivity index (χ0v) is 88.6. The topological polar surface area (TPSA) is 0 Å². The van der Waals surface area contributed by atoms with Crippen LogP contribution in [0.2, 0.25) is 0 Å². The number of hydrogen-bond acceptors (Lipinski definition) is 0. The maximum absolute atomic E-state index is 2.52.